The Labute approximate surface area is 267 Å². The number of phenols is 1. The van der Waals surface area contributed by atoms with Gasteiger partial charge < -0.3 is 68.2 Å². The summed E-state index contributed by atoms with van der Waals surface area (Å²) >= 11 is 0. The number of benzene rings is 2. The first-order chi connectivity index (χ1) is 22.3. The van der Waals surface area contributed by atoms with Gasteiger partial charge in [0.1, 0.15) is 59.1 Å². The number of carbonyl (C=O) groups is 1. The highest BCUT2D eigenvalue weighted by Crippen LogP contribution is 2.43. The molecular formula is C31H36O16. The van der Waals surface area contributed by atoms with Crippen LogP contribution in [0.3, 0.4) is 0 Å². The molecule has 0 saturated carbocycles. The molecule has 10 atom stereocenters. The molecule has 47 heavy (non-hydrogen) atoms. The normalized spacial score (nSPS) is 30.9. The van der Waals surface area contributed by atoms with Crippen molar-refractivity contribution < 1.29 is 73.0 Å². The summed E-state index contributed by atoms with van der Waals surface area (Å²) in [4.78, 5) is 24.5. The average Bonchev–Trinajstić information content (AvgIpc) is 3.04. The average molecular weight is 665 g/mol. The molecule has 3 aromatic rings. The molecule has 4 unspecified atom stereocenters. The molecule has 0 amide bonds. The molecule has 5 rings (SSSR count). The van der Waals surface area contributed by atoms with Crippen LogP contribution in [0.25, 0.3) is 22.3 Å². The Hall–Kier alpha value is -4.00. The lowest BCUT2D eigenvalue weighted by molar-refractivity contribution is -0.319. The predicted octanol–water partition coefficient (Wildman–Crippen LogP) is -0.216. The summed E-state index contributed by atoms with van der Waals surface area (Å²) < 4.78 is 44.0. The van der Waals surface area contributed by atoms with Crippen molar-refractivity contribution in [3.05, 3.63) is 46.6 Å². The molecule has 2 aliphatic rings. The van der Waals surface area contributed by atoms with Crippen molar-refractivity contribution >= 4 is 16.9 Å². The van der Waals surface area contributed by atoms with Gasteiger partial charge in [0.2, 0.25) is 12.0 Å². The second-order valence-corrected chi connectivity index (χ2v) is 11.1. The third-order valence-corrected chi connectivity index (χ3v) is 7.91. The molecule has 16 nitrogen and oxygen atoms in total. The zero-order chi connectivity index (χ0) is 34.2. The van der Waals surface area contributed by atoms with Crippen LogP contribution in [0, 0.1) is 0 Å². The van der Waals surface area contributed by atoms with Crippen molar-refractivity contribution in [1.82, 2.24) is 0 Å². The van der Waals surface area contributed by atoms with Crippen molar-refractivity contribution in [1.29, 1.82) is 0 Å². The van der Waals surface area contributed by atoms with Gasteiger partial charge in [-0.15, -0.1) is 0 Å². The van der Waals surface area contributed by atoms with E-state index in [9.17, 15) is 40.2 Å². The largest absolute Gasteiger partial charge is 0.504 e. The quantitative estimate of drug-likeness (QED) is 0.162. The number of hydrogen-bond acceptors (Lipinski definition) is 16. The maximum absolute atomic E-state index is 13.1. The van der Waals surface area contributed by atoms with Crippen LogP contribution < -0.4 is 19.6 Å². The van der Waals surface area contributed by atoms with Crippen LogP contribution in [0.1, 0.15) is 13.8 Å². The lowest BCUT2D eigenvalue weighted by Gasteiger charge is -2.43. The zero-order valence-electron chi connectivity index (χ0n) is 25.7. The number of ether oxygens (including phenoxy) is 7. The van der Waals surface area contributed by atoms with Crippen molar-refractivity contribution in [2.24, 2.45) is 0 Å². The molecule has 0 aliphatic carbocycles. The lowest BCUT2D eigenvalue weighted by Crippen LogP contribution is -2.62. The molecular weight excluding hydrogens is 628 g/mol. The number of phenolic OH excluding ortho intramolecular Hbond substituents is 1. The number of hydrogen-bond donors (Lipinski definition) is 6. The van der Waals surface area contributed by atoms with E-state index < -0.39 is 85.2 Å². The summed E-state index contributed by atoms with van der Waals surface area (Å²) in [5.74, 6) is -1.19. The Kier molecular flexibility index (Phi) is 10.2. The van der Waals surface area contributed by atoms with Crippen LogP contribution in [0.4, 0.5) is 0 Å². The van der Waals surface area contributed by atoms with Crippen LogP contribution >= 0.6 is 0 Å². The van der Waals surface area contributed by atoms with E-state index in [-0.39, 0.29) is 28.2 Å². The molecule has 2 saturated heterocycles. The zero-order valence-corrected chi connectivity index (χ0v) is 25.7. The summed E-state index contributed by atoms with van der Waals surface area (Å²) in [5, 5.41) is 63.7. The monoisotopic (exact) mass is 664 g/mol. The third-order valence-electron chi connectivity index (χ3n) is 7.91. The standard InChI is InChI=1S/C31H36O16/c1-12-22(34)29(44-13(2)32)27(39)30(43-12)42-11-20-23(35)25(37)26(38)31(47-20)46-19-10-18-21(24(36)28(19)41-4)16(33)9-17(45-18)14-5-7-15(40-3)8-6-14/h5-10,12,20,22-23,25-27,29-31,34-39H,11H2,1-4H3/t12?,20?,22-,23+,25-,26?,27?,29-,30+,31+/m0/s1. The van der Waals surface area contributed by atoms with Crippen molar-refractivity contribution in [3.8, 4) is 34.3 Å². The van der Waals surface area contributed by atoms with E-state index in [0.29, 0.717) is 11.3 Å². The van der Waals surface area contributed by atoms with Crippen LogP contribution in [-0.4, -0.2) is 119 Å². The Morgan fingerprint density at radius 2 is 1.57 bits per heavy atom. The van der Waals surface area contributed by atoms with E-state index in [1.54, 1.807) is 24.3 Å². The van der Waals surface area contributed by atoms with E-state index in [2.05, 4.69) is 0 Å². The Bertz CT molecular complexity index is 1620. The van der Waals surface area contributed by atoms with Gasteiger partial charge >= 0.3 is 5.97 Å². The minimum Gasteiger partial charge on any atom is -0.504 e. The van der Waals surface area contributed by atoms with Crippen molar-refractivity contribution in [3.63, 3.8) is 0 Å². The van der Waals surface area contributed by atoms with E-state index in [1.807, 2.05) is 0 Å². The van der Waals surface area contributed by atoms with Crippen LogP contribution in [0.5, 0.6) is 23.0 Å². The summed E-state index contributed by atoms with van der Waals surface area (Å²) in [6, 6.07) is 9.11. The van der Waals surface area contributed by atoms with Gasteiger partial charge in [0.25, 0.3) is 0 Å². The second-order valence-electron chi connectivity index (χ2n) is 11.1. The maximum Gasteiger partial charge on any atom is 0.303 e. The van der Waals surface area contributed by atoms with Gasteiger partial charge in [-0.05, 0) is 31.2 Å². The molecule has 1 aromatic heterocycles. The molecule has 3 heterocycles. The lowest BCUT2D eigenvalue weighted by atomic mass is 9.98. The highest BCUT2D eigenvalue weighted by Gasteiger charge is 2.48. The van der Waals surface area contributed by atoms with Crippen molar-refractivity contribution in [2.45, 2.75) is 75.3 Å². The van der Waals surface area contributed by atoms with Gasteiger partial charge in [0.15, 0.2) is 29.3 Å². The fraction of sp³-hybridized carbons (Fsp3) is 0.484. The maximum atomic E-state index is 13.1. The first-order valence-corrected chi connectivity index (χ1v) is 14.5. The molecule has 0 spiro atoms. The Morgan fingerprint density at radius 1 is 0.872 bits per heavy atom. The first-order valence-electron chi connectivity index (χ1n) is 14.5. The fourth-order valence-electron chi connectivity index (χ4n) is 5.38. The van der Waals surface area contributed by atoms with E-state index >= 15 is 0 Å². The minimum absolute atomic E-state index is 0.107. The van der Waals surface area contributed by atoms with Crippen molar-refractivity contribution in [2.75, 3.05) is 20.8 Å². The topological polar surface area (TPSA) is 233 Å². The van der Waals surface area contributed by atoms with Gasteiger partial charge in [0, 0.05) is 24.6 Å². The molecule has 16 heteroatoms. The summed E-state index contributed by atoms with van der Waals surface area (Å²) in [6.07, 6.45) is -15.2. The number of aliphatic hydroxyl groups is 5. The molecule has 0 radical (unpaired) electrons. The Balaban J connectivity index is 1.39. The van der Waals surface area contributed by atoms with Gasteiger partial charge in [-0.25, -0.2) is 0 Å². The highest BCUT2D eigenvalue weighted by molar-refractivity contribution is 5.89. The van der Waals surface area contributed by atoms with E-state index in [4.69, 9.17) is 37.6 Å². The minimum atomic E-state index is -1.83. The van der Waals surface area contributed by atoms with Gasteiger partial charge in [-0.1, -0.05) is 0 Å². The van der Waals surface area contributed by atoms with E-state index in [0.717, 1.165) is 6.92 Å². The second kappa shape index (κ2) is 14.0. The SMILES string of the molecule is COc1ccc(-c2cc(=O)c3c(O)c(OC)c(O[C@@H]4OC(CO[C@@H]5OC(C)[C@H](O)[C@H](OC(C)=O)C5O)[C@@H](O)[C@H](O)C4O)cc3o2)cc1. The molecule has 6 N–H and O–H groups in total. The van der Waals surface area contributed by atoms with E-state index in [1.165, 1.54) is 33.3 Å². The molecule has 2 aromatic carbocycles. The van der Waals surface area contributed by atoms with Gasteiger partial charge in [-0.2, -0.15) is 0 Å². The highest BCUT2D eigenvalue weighted by atomic mass is 16.7. The molecule has 0 bridgehead atoms. The number of rotatable bonds is 9. The molecule has 2 aliphatic heterocycles. The Morgan fingerprint density at radius 3 is 2.21 bits per heavy atom. The number of fused-ring (bicyclic) bond motifs is 1. The van der Waals surface area contributed by atoms with Crippen LogP contribution in [-0.2, 0) is 23.7 Å². The van der Waals surface area contributed by atoms with Crippen LogP contribution in [0.2, 0.25) is 0 Å². The summed E-state index contributed by atoms with van der Waals surface area (Å²) in [5.41, 5.74) is -0.165. The summed E-state index contributed by atoms with van der Waals surface area (Å²) in [6.45, 7) is 2.03. The molecule has 256 valence electrons. The number of carbonyl (C=O) groups excluding carboxylic acids is 1. The summed E-state index contributed by atoms with van der Waals surface area (Å²) in [7, 11) is 2.71. The third kappa shape index (κ3) is 6.86. The number of aromatic hydroxyl groups is 1. The number of methoxy groups -OCH3 is 2. The molecule has 2 fully saturated rings. The fourth-order valence-corrected chi connectivity index (χ4v) is 5.38. The van der Waals surface area contributed by atoms with Gasteiger partial charge in [0.05, 0.1) is 26.9 Å². The van der Waals surface area contributed by atoms with Gasteiger partial charge in [-0.3, -0.25) is 9.59 Å². The first kappa shape index (κ1) is 34.3. The predicted molar refractivity (Wildman–Crippen MR) is 158 cm³/mol. The van der Waals surface area contributed by atoms with Crippen LogP contribution in [0.15, 0.2) is 45.6 Å². The smallest absolute Gasteiger partial charge is 0.303 e. The number of esters is 1. The number of aliphatic hydroxyl groups excluding tert-OH is 5.